The van der Waals surface area contributed by atoms with Crippen molar-refractivity contribution in [3.63, 3.8) is 0 Å². The summed E-state index contributed by atoms with van der Waals surface area (Å²) in [5, 5.41) is 0. The van der Waals surface area contributed by atoms with E-state index in [-0.39, 0.29) is 12.0 Å². The fourth-order valence-corrected chi connectivity index (χ4v) is 3.16. The highest BCUT2D eigenvalue weighted by atomic mass is 16.5. The van der Waals surface area contributed by atoms with Crippen molar-refractivity contribution in [2.45, 2.75) is 26.3 Å². The number of aromatic nitrogens is 1. The Kier molecular flexibility index (Phi) is 5.34. The van der Waals surface area contributed by atoms with Crippen LogP contribution in [-0.4, -0.2) is 17.1 Å². The highest BCUT2D eigenvalue weighted by Crippen LogP contribution is 2.29. The molecule has 1 heterocycles. The SMILES string of the molecule is CCOC(=O)[C@@H](Cc1ccccc1)n1c(C)ccc1-c1ccccc1. The number of benzene rings is 2. The van der Waals surface area contributed by atoms with E-state index in [1.54, 1.807) is 0 Å². The number of nitrogens with zero attached hydrogens (tertiary/aromatic N) is 1. The zero-order valence-electron chi connectivity index (χ0n) is 14.7. The van der Waals surface area contributed by atoms with E-state index in [4.69, 9.17) is 4.74 Å². The molecule has 128 valence electrons. The summed E-state index contributed by atoms with van der Waals surface area (Å²) in [4.78, 5) is 12.7. The molecule has 0 spiro atoms. The fraction of sp³-hybridized carbons (Fsp3) is 0.227. The van der Waals surface area contributed by atoms with Gasteiger partial charge in [0.25, 0.3) is 0 Å². The minimum absolute atomic E-state index is 0.192. The third kappa shape index (κ3) is 3.82. The van der Waals surface area contributed by atoms with Gasteiger partial charge in [0.1, 0.15) is 6.04 Å². The number of esters is 1. The lowest BCUT2D eigenvalue weighted by Crippen LogP contribution is -2.25. The van der Waals surface area contributed by atoms with E-state index in [2.05, 4.69) is 28.8 Å². The minimum Gasteiger partial charge on any atom is -0.464 e. The van der Waals surface area contributed by atoms with Gasteiger partial charge in [0.15, 0.2) is 0 Å². The van der Waals surface area contributed by atoms with E-state index in [9.17, 15) is 4.79 Å². The van der Waals surface area contributed by atoms with Gasteiger partial charge in [-0.15, -0.1) is 0 Å². The summed E-state index contributed by atoms with van der Waals surface area (Å²) in [7, 11) is 0. The standard InChI is InChI=1S/C22H23NO2/c1-3-25-22(24)21(16-18-10-6-4-7-11-18)23-17(2)14-15-20(23)19-12-8-5-9-13-19/h4-15,21H,3,16H2,1-2H3/t21-/m1/s1. The van der Waals surface area contributed by atoms with Crippen molar-refractivity contribution in [1.82, 2.24) is 4.57 Å². The fourth-order valence-electron chi connectivity index (χ4n) is 3.16. The minimum atomic E-state index is -0.382. The van der Waals surface area contributed by atoms with Crippen molar-refractivity contribution in [2.75, 3.05) is 6.61 Å². The molecular formula is C22H23NO2. The number of hydrogen-bond acceptors (Lipinski definition) is 2. The number of carbonyl (C=O) groups excluding carboxylic acids is 1. The van der Waals surface area contributed by atoms with Crippen LogP contribution in [0.2, 0.25) is 0 Å². The Bertz CT molecular complexity index is 822. The zero-order chi connectivity index (χ0) is 17.6. The van der Waals surface area contributed by atoms with Gasteiger partial charge in [-0.2, -0.15) is 0 Å². The van der Waals surface area contributed by atoms with Gasteiger partial charge in [0.2, 0.25) is 0 Å². The van der Waals surface area contributed by atoms with E-state index in [1.807, 2.05) is 62.4 Å². The normalized spacial score (nSPS) is 11.9. The number of aryl methyl sites for hydroxylation is 1. The van der Waals surface area contributed by atoms with Crippen LogP contribution >= 0.6 is 0 Å². The highest BCUT2D eigenvalue weighted by molar-refractivity contribution is 5.76. The Labute approximate surface area is 148 Å². The van der Waals surface area contributed by atoms with Crippen LogP contribution in [0, 0.1) is 6.92 Å². The van der Waals surface area contributed by atoms with Crippen LogP contribution in [0.1, 0.15) is 24.2 Å². The summed E-state index contributed by atoms with van der Waals surface area (Å²) in [5.41, 5.74) is 4.30. The van der Waals surface area contributed by atoms with Gasteiger partial charge in [0.05, 0.1) is 6.61 Å². The van der Waals surface area contributed by atoms with E-state index >= 15 is 0 Å². The van der Waals surface area contributed by atoms with Gasteiger partial charge in [-0.1, -0.05) is 60.7 Å². The van der Waals surface area contributed by atoms with Crippen LogP contribution in [0.5, 0.6) is 0 Å². The molecule has 1 aromatic heterocycles. The lowest BCUT2D eigenvalue weighted by Gasteiger charge is -2.22. The first-order chi connectivity index (χ1) is 12.2. The van der Waals surface area contributed by atoms with Gasteiger partial charge < -0.3 is 9.30 Å². The van der Waals surface area contributed by atoms with Crippen LogP contribution in [0.4, 0.5) is 0 Å². The van der Waals surface area contributed by atoms with Crippen LogP contribution < -0.4 is 0 Å². The second-order valence-electron chi connectivity index (χ2n) is 6.05. The molecule has 3 aromatic rings. The third-order valence-electron chi connectivity index (χ3n) is 4.33. The second-order valence-corrected chi connectivity index (χ2v) is 6.05. The molecule has 0 radical (unpaired) electrons. The van der Waals surface area contributed by atoms with Crippen molar-refractivity contribution in [1.29, 1.82) is 0 Å². The molecule has 3 nitrogen and oxygen atoms in total. The summed E-state index contributed by atoms with van der Waals surface area (Å²) in [6.07, 6.45) is 0.606. The molecular weight excluding hydrogens is 310 g/mol. The predicted molar refractivity (Wildman–Crippen MR) is 100 cm³/mol. The van der Waals surface area contributed by atoms with Crippen molar-refractivity contribution < 1.29 is 9.53 Å². The van der Waals surface area contributed by atoms with Gasteiger partial charge in [0, 0.05) is 17.8 Å². The highest BCUT2D eigenvalue weighted by Gasteiger charge is 2.25. The molecule has 2 aromatic carbocycles. The Morgan fingerprint density at radius 1 is 0.960 bits per heavy atom. The molecule has 0 aliphatic heterocycles. The number of hydrogen-bond donors (Lipinski definition) is 0. The Morgan fingerprint density at radius 2 is 1.60 bits per heavy atom. The third-order valence-corrected chi connectivity index (χ3v) is 4.33. The van der Waals surface area contributed by atoms with Crippen LogP contribution in [-0.2, 0) is 16.0 Å². The Hall–Kier alpha value is -2.81. The largest absolute Gasteiger partial charge is 0.464 e. The Morgan fingerprint density at radius 3 is 2.24 bits per heavy atom. The molecule has 0 aliphatic carbocycles. The molecule has 0 N–H and O–H groups in total. The molecule has 3 heteroatoms. The first-order valence-corrected chi connectivity index (χ1v) is 8.64. The summed E-state index contributed by atoms with van der Waals surface area (Å²) in [5.74, 6) is -0.192. The predicted octanol–water partition coefficient (Wildman–Crippen LogP) is 4.81. The van der Waals surface area contributed by atoms with Gasteiger partial charge >= 0.3 is 5.97 Å². The maximum Gasteiger partial charge on any atom is 0.329 e. The van der Waals surface area contributed by atoms with Gasteiger partial charge in [-0.25, -0.2) is 4.79 Å². The summed E-state index contributed by atoms with van der Waals surface area (Å²) < 4.78 is 7.48. The molecule has 0 amide bonds. The topological polar surface area (TPSA) is 31.2 Å². The quantitative estimate of drug-likeness (QED) is 0.606. The van der Waals surface area contributed by atoms with Crippen molar-refractivity contribution >= 4 is 5.97 Å². The lowest BCUT2D eigenvalue weighted by atomic mass is 10.0. The summed E-state index contributed by atoms with van der Waals surface area (Å²) in [6.45, 7) is 4.26. The maximum absolute atomic E-state index is 12.7. The van der Waals surface area contributed by atoms with Gasteiger partial charge in [-0.3, -0.25) is 0 Å². The van der Waals surface area contributed by atoms with E-state index in [0.717, 1.165) is 22.5 Å². The molecule has 25 heavy (non-hydrogen) atoms. The monoisotopic (exact) mass is 333 g/mol. The number of ether oxygens (including phenoxy) is 1. The molecule has 0 bridgehead atoms. The second kappa shape index (κ2) is 7.84. The van der Waals surface area contributed by atoms with Crippen LogP contribution in [0.25, 0.3) is 11.3 Å². The number of carbonyl (C=O) groups is 1. The van der Waals surface area contributed by atoms with Crippen LogP contribution in [0.15, 0.2) is 72.8 Å². The van der Waals surface area contributed by atoms with E-state index < -0.39 is 0 Å². The average Bonchev–Trinajstić information content (AvgIpc) is 3.03. The van der Waals surface area contributed by atoms with Crippen molar-refractivity contribution in [3.05, 3.63) is 84.1 Å². The molecule has 0 aliphatic rings. The first-order valence-electron chi connectivity index (χ1n) is 8.64. The molecule has 1 atom stereocenters. The molecule has 0 saturated heterocycles. The molecule has 0 unspecified atom stereocenters. The maximum atomic E-state index is 12.7. The smallest absolute Gasteiger partial charge is 0.329 e. The average molecular weight is 333 g/mol. The lowest BCUT2D eigenvalue weighted by molar-refractivity contribution is -0.147. The van der Waals surface area contributed by atoms with Crippen molar-refractivity contribution in [2.24, 2.45) is 0 Å². The first kappa shape index (κ1) is 17.0. The molecule has 0 saturated carbocycles. The van der Waals surface area contributed by atoms with Gasteiger partial charge in [-0.05, 0) is 37.1 Å². The Balaban J connectivity index is 2.04. The van der Waals surface area contributed by atoms with E-state index in [0.29, 0.717) is 13.0 Å². The summed E-state index contributed by atoms with van der Waals surface area (Å²) >= 11 is 0. The summed E-state index contributed by atoms with van der Waals surface area (Å²) in [6, 6.07) is 24.0. The van der Waals surface area contributed by atoms with E-state index in [1.165, 1.54) is 0 Å². The molecule has 3 rings (SSSR count). The van der Waals surface area contributed by atoms with Crippen molar-refractivity contribution in [3.8, 4) is 11.3 Å². The number of rotatable bonds is 6. The zero-order valence-corrected chi connectivity index (χ0v) is 14.7. The van der Waals surface area contributed by atoms with Crippen LogP contribution in [0.3, 0.4) is 0 Å². The molecule has 0 fully saturated rings.